The highest BCUT2D eigenvalue weighted by molar-refractivity contribution is 5.66. The molecule has 1 aliphatic rings. The average molecular weight is 393 g/mol. The minimum atomic E-state index is -0.698. The van der Waals surface area contributed by atoms with Gasteiger partial charge in [0.1, 0.15) is 0 Å². The summed E-state index contributed by atoms with van der Waals surface area (Å²) in [5.41, 5.74) is 1.07. The van der Waals surface area contributed by atoms with Gasteiger partial charge in [-0.2, -0.15) is 0 Å². The SMILES string of the molecule is O=C(O)CCCCCCCC[C@H]1OC(c2ccccc2)O[C@H]1CCCCCO. The van der Waals surface area contributed by atoms with E-state index in [0.717, 1.165) is 76.2 Å². The number of hydrogen-bond acceptors (Lipinski definition) is 4. The van der Waals surface area contributed by atoms with Crippen LogP contribution in [0.1, 0.15) is 88.9 Å². The van der Waals surface area contributed by atoms with Gasteiger partial charge in [-0.05, 0) is 25.7 Å². The molecule has 1 unspecified atom stereocenters. The van der Waals surface area contributed by atoms with Gasteiger partial charge in [-0.25, -0.2) is 0 Å². The molecule has 1 aliphatic heterocycles. The third kappa shape index (κ3) is 8.72. The van der Waals surface area contributed by atoms with Crippen LogP contribution in [0.5, 0.6) is 0 Å². The summed E-state index contributed by atoms with van der Waals surface area (Å²) in [6.07, 6.45) is 11.5. The summed E-state index contributed by atoms with van der Waals surface area (Å²) in [7, 11) is 0. The molecule has 0 amide bonds. The summed E-state index contributed by atoms with van der Waals surface area (Å²) in [5, 5.41) is 17.6. The van der Waals surface area contributed by atoms with Crippen molar-refractivity contribution < 1.29 is 24.5 Å². The second kappa shape index (κ2) is 13.7. The first-order valence-corrected chi connectivity index (χ1v) is 10.9. The summed E-state index contributed by atoms with van der Waals surface area (Å²) in [4.78, 5) is 10.5. The van der Waals surface area contributed by atoms with E-state index >= 15 is 0 Å². The molecule has 1 heterocycles. The van der Waals surface area contributed by atoms with Crippen molar-refractivity contribution in [2.24, 2.45) is 0 Å². The Morgan fingerprint density at radius 1 is 0.786 bits per heavy atom. The first-order valence-electron chi connectivity index (χ1n) is 10.9. The Kier molecular flexibility index (Phi) is 11.2. The average Bonchev–Trinajstić information content (AvgIpc) is 3.11. The van der Waals surface area contributed by atoms with E-state index in [4.69, 9.17) is 19.7 Å². The van der Waals surface area contributed by atoms with E-state index in [-0.39, 0.29) is 31.5 Å². The minimum absolute atomic E-state index is 0.125. The van der Waals surface area contributed by atoms with Crippen LogP contribution in [0.15, 0.2) is 30.3 Å². The fourth-order valence-corrected chi connectivity index (χ4v) is 3.76. The molecule has 0 saturated carbocycles. The Labute approximate surface area is 169 Å². The third-order valence-electron chi connectivity index (χ3n) is 5.36. The van der Waals surface area contributed by atoms with Crippen LogP contribution in [0.3, 0.4) is 0 Å². The van der Waals surface area contributed by atoms with Crippen molar-refractivity contribution in [2.75, 3.05) is 6.61 Å². The van der Waals surface area contributed by atoms with E-state index in [1.54, 1.807) is 0 Å². The fourth-order valence-electron chi connectivity index (χ4n) is 3.76. The molecular formula is C23H36O5. The lowest BCUT2D eigenvalue weighted by atomic mass is 10.00. The molecule has 5 nitrogen and oxygen atoms in total. The smallest absolute Gasteiger partial charge is 0.303 e. The Morgan fingerprint density at radius 3 is 1.89 bits per heavy atom. The number of benzene rings is 1. The van der Waals surface area contributed by atoms with E-state index in [1.807, 2.05) is 30.3 Å². The minimum Gasteiger partial charge on any atom is -0.481 e. The summed E-state index contributed by atoms with van der Waals surface area (Å²) < 4.78 is 12.5. The predicted octanol–water partition coefficient (Wildman–Crippen LogP) is 5.23. The van der Waals surface area contributed by atoms with Crippen molar-refractivity contribution in [3.05, 3.63) is 35.9 Å². The maximum absolute atomic E-state index is 10.5. The van der Waals surface area contributed by atoms with Crippen LogP contribution in [-0.4, -0.2) is 35.0 Å². The van der Waals surface area contributed by atoms with Gasteiger partial charge in [0.15, 0.2) is 6.29 Å². The van der Waals surface area contributed by atoms with Gasteiger partial charge in [0.25, 0.3) is 0 Å². The largest absolute Gasteiger partial charge is 0.481 e. The van der Waals surface area contributed by atoms with Gasteiger partial charge in [-0.3, -0.25) is 4.79 Å². The summed E-state index contributed by atoms with van der Waals surface area (Å²) in [5.74, 6) is -0.698. The number of aliphatic carboxylic acids is 1. The molecule has 2 rings (SSSR count). The normalized spacial score (nSPS) is 21.8. The van der Waals surface area contributed by atoms with Crippen LogP contribution in [0.2, 0.25) is 0 Å². The second-order valence-corrected chi connectivity index (χ2v) is 7.72. The summed E-state index contributed by atoms with van der Waals surface area (Å²) in [6, 6.07) is 10.1. The number of hydrogen-bond donors (Lipinski definition) is 2. The van der Waals surface area contributed by atoms with E-state index in [9.17, 15) is 4.79 Å². The molecule has 0 radical (unpaired) electrons. The lowest BCUT2D eigenvalue weighted by Gasteiger charge is -2.16. The molecule has 28 heavy (non-hydrogen) atoms. The van der Waals surface area contributed by atoms with Crippen molar-refractivity contribution in [3.8, 4) is 0 Å². The first-order chi connectivity index (χ1) is 13.7. The number of ether oxygens (including phenoxy) is 2. The number of carbonyl (C=O) groups is 1. The topological polar surface area (TPSA) is 76.0 Å². The molecule has 158 valence electrons. The van der Waals surface area contributed by atoms with Crippen LogP contribution in [-0.2, 0) is 14.3 Å². The Balaban J connectivity index is 1.70. The molecule has 0 aromatic heterocycles. The molecule has 3 atom stereocenters. The van der Waals surface area contributed by atoms with Gasteiger partial charge in [0.05, 0.1) is 12.2 Å². The second-order valence-electron chi connectivity index (χ2n) is 7.72. The molecule has 2 N–H and O–H groups in total. The molecule has 1 aromatic rings. The number of aliphatic hydroxyl groups excluding tert-OH is 1. The highest BCUT2D eigenvalue weighted by Crippen LogP contribution is 2.35. The number of carboxylic acids is 1. The van der Waals surface area contributed by atoms with Crippen LogP contribution in [0.25, 0.3) is 0 Å². The van der Waals surface area contributed by atoms with Crippen LogP contribution in [0, 0.1) is 0 Å². The predicted molar refractivity (Wildman–Crippen MR) is 109 cm³/mol. The zero-order valence-corrected chi connectivity index (χ0v) is 16.9. The highest BCUT2D eigenvalue weighted by Gasteiger charge is 2.35. The van der Waals surface area contributed by atoms with Crippen molar-refractivity contribution in [2.45, 2.75) is 95.5 Å². The fraction of sp³-hybridized carbons (Fsp3) is 0.696. The third-order valence-corrected chi connectivity index (χ3v) is 5.36. The van der Waals surface area contributed by atoms with E-state index in [2.05, 4.69) is 0 Å². The van der Waals surface area contributed by atoms with Gasteiger partial charge in [-0.15, -0.1) is 0 Å². The van der Waals surface area contributed by atoms with Crippen molar-refractivity contribution in [1.29, 1.82) is 0 Å². The Morgan fingerprint density at radius 2 is 1.32 bits per heavy atom. The van der Waals surface area contributed by atoms with E-state index in [1.165, 1.54) is 0 Å². The lowest BCUT2D eigenvalue weighted by molar-refractivity contribution is -0.137. The van der Waals surface area contributed by atoms with Gasteiger partial charge in [-0.1, -0.05) is 75.3 Å². The quantitative estimate of drug-likeness (QED) is 0.400. The number of aliphatic hydroxyl groups is 1. The van der Waals surface area contributed by atoms with Gasteiger partial charge < -0.3 is 19.7 Å². The number of unbranched alkanes of at least 4 members (excludes halogenated alkanes) is 7. The lowest BCUT2D eigenvalue weighted by Crippen LogP contribution is -2.22. The summed E-state index contributed by atoms with van der Waals surface area (Å²) >= 11 is 0. The monoisotopic (exact) mass is 392 g/mol. The molecule has 0 aliphatic carbocycles. The standard InChI is InChI=1S/C23H36O5/c24-18-12-6-10-16-21-20(15-9-3-1-2-4-11-17-22(25)26)27-23(28-21)19-13-7-5-8-14-19/h5,7-8,13-14,20-21,23-24H,1-4,6,9-12,15-18H2,(H,25,26)/t20-,21+,23?/m1/s1. The number of carboxylic acid groups (broad SMARTS) is 1. The summed E-state index contributed by atoms with van der Waals surface area (Å²) in [6.45, 7) is 0.255. The molecular weight excluding hydrogens is 356 g/mol. The zero-order valence-electron chi connectivity index (χ0n) is 16.9. The molecule has 1 fully saturated rings. The first kappa shape index (κ1) is 22.9. The molecule has 5 heteroatoms. The van der Waals surface area contributed by atoms with Crippen molar-refractivity contribution in [3.63, 3.8) is 0 Å². The zero-order chi connectivity index (χ0) is 20.0. The molecule has 1 aromatic carbocycles. The van der Waals surface area contributed by atoms with E-state index in [0.29, 0.717) is 0 Å². The van der Waals surface area contributed by atoms with Crippen LogP contribution >= 0.6 is 0 Å². The van der Waals surface area contributed by atoms with Crippen molar-refractivity contribution >= 4 is 5.97 Å². The van der Waals surface area contributed by atoms with Gasteiger partial charge in [0.2, 0.25) is 0 Å². The van der Waals surface area contributed by atoms with Crippen LogP contribution in [0.4, 0.5) is 0 Å². The molecule has 1 saturated heterocycles. The van der Waals surface area contributed by atoms with E-state index < -0.39 is 5.97 Å². The Hall–Kier alpha value is -1.43. The highest BCUT2D eigenvalue weighted by atomic mass is 16.7. The molecule has 0 bridgehead atoms. The maximum Gasteiger partial charge on any atom is 0.303 e. The van der Waals surface area contributed by atoms with Crippen molar-refractivity contribution in [1.82, 2.24) is 0 Å². The van der Waals surface area contributed by atoms with Crippen LogP contribution < -0.4 is 0 Å². The van der Waals surface area contributed by atoms with Gasteiger partial charge in [0, 0.05) is 18.6 Å². The Bertz CT molecular complexity index is 533. The van der Waals surface area contributed by atoms with Gasteiger partial charge >= 0.3 is 5.97 Å². The maximum atomic E-state index is 10.5. The molecule has 0 spiro atoms. The number of rotatable bonds is 15.